The van der Waals surface area contributed by atoms with Crippen molar-refractivity contribution in [3.05, 3.63) is 70.6 Å². The molecule has 0 unspecified atom stereocenters. The first-order chi connectivity index (χ1) is 34.8. The molecule has 9 rings (SSSR count). The van der Waals surface area contributed by atoms with Crippen LogP contribution < -0.4 is 36.1 Å². The van der Waals surface area contributed by atoms with Gasteiger partial charge in [0.2, 0.25) is 23.6 Å². The van der Waals surface area contributed by atoms with Gasteiger partial charge in [-0.15, -0.1) is 11.3 Å². The maximum atomic E-state index is 14.7. The molecule has 0 spiro atoms. The lowest BCUT2D eigenvalue weighted by Gasteiger charge is -2.43. The number of likely N-dealkylation sites (tertiary alicyclic amines) is 2. The molecule has 5 heterocycles. The van der Waals surface area contributed by atoms with Crippen LogP contribution in [0.5, 0.6) is 17.4 Å². The summed E-state index contributed by atoms with van der Waals surface area (Å²) in [6.45, 7) is 13.0. The molecule has 3 atom stereocenters. The number of hydrogen-bond acceptors (Lipinski definition) is 14. The number of nitrogens with two attached hydrogens (primary N) is 1. The van der Waals surface area contributed by atoms with Crippen LogP contribution in [0, 0.1) is 23.7 Å². The predicted molar refractivity (Wildman–Crippen MR) is 277 cm³/mol. The lowest BCUT2D eigenvalue weighted by molar-refractivity contribution is -0.145. The van der Waals surface area contributed by atoms with Gasteiger partial charge in [0.25, 0.3) is 5.91 Å². The molecule has 5 aliphatic rings. The topological polar surface area (TPSA) is 217 Å². The van der Waals surface area contributed by atoms with Crippen molar-refractivity contribution >= 4 is 58.1 Å². The van der Waals surface area contributed by atoms with Gasteiger partial charge in [-0.2, -0.15) is 0 Å². The van der Waals surface area contributed by atoms with E-state index in [4.69, 9.17) is 26.8 Å². The van der Waals surface area contributed by atoms with Crippen molar-refractivity contribution in [2.45, 2.75) is 135 Å². The number of alkyl halides is 1. The third-order valence-electron chi connectivity index (χ3n) is 15.3. The molecule has 6 N–H and O–H groups in total. The molecule has 3 aliphatic heterocycles. The average Bonchev–Trinajstić information content (AvgIpc) is 3.77. The summed E-state index contributed by atoms with van der Waals surface area (Å²) in [5.41, 5.74) is 8.39. The second kappa shape index (κ2) is 21.3. The Balaban J connectivity index is 0.774. The second-order valence-corrected chi connectivity index (χ2v) is 23.3. The number of piperidine rings is 1. The number of thiazole rings is 1. The number of benzene rings is 2. The van der Waals surface area contributed by atoms with E-state index >= 15 is 0 Å². The SMILES string of the molecule is Cc1ncsc1-c1ccc(CNC(=O)[C@@H]2C[C@@H](O)CN2C(=O)[C@@H](NC(=O)C2(F)CC2)C(C)(C)C)c(OC2CCC(C(=O)N3CC(Nc4cccc(Oc5cnc(N6CCC(C)(CN)CC6)cn5)c4Cl)C3)CC2)c1. The van der Waals surface area contributed by atoms with Crippen molar-refractivity contribution in [1.82, 2.24) is 35.4 Å². The highest BCUT2D eigenvalue weighted by Crippen LogP contribution is 2.42. The maximum Gasteiger partial charge on any atom is 0.258 e. The number of aliphatic hydroxyl groups is 1. The molecule has 3 saturated heterocycles. The van der Waals surface area contributed by atoms with Crippen LogP contribution >= 0.6 is 22.9 Å². The third kappa shape index (κ3) is 11.8. The van der Waals surface area contributed by atoms with E-state index in [-0.39, 0.29) is 61.7 Å². The number of nitrogens with zero attached hydrogens (tertiary/aromatic N) is 6. The number of β-amino-alcohol motifs (C(OH)–C–C–N with tert-alkyl or cyclic N) is 1. The molecule has 4 amide bonds. The van der Waals surface area contributed by atoms with Crippen molar-refractivity contribution in [2.75, 3.05) is 49.5 Å². The summed E-state index contributed by atoms with van der Waals surface area (Å²) in [5.74, 6) is 0.321. The molecule has 2 aliphatic carbocycles. The molecule has 73 heavy (non-hydrogen) atoms. The van der Waals surface area contributed by atoms with E-state index in [1.165, 1.54) is 16.2 Å². The van der Waals surface area contributed by atoms with E-state index in [0.29, 0.717) is 73.4 Å². The molecule has 17 nitrogen and oxygen atoms in total. The predicted octanol–water partition coefficient (Wildman–Crippen LogP) is 6.79. The van der Waals surface area contributed by atoms with Crippen molar-refractivity contribution in [1.29, 1.82) is 0 Å². The summed E-state index contributed by atoms with van der Waals surface area (Å²) in [4.78, 5) is 74.4. The fraction of sp³-hybridized carbons (Fsp3) is 0.566. The molecule has 0 radical (unpaired) electrons. The minimum absolute atomic E-state index is 0.0129. The Morgan fingerprint density at radius 3 is 2.37 bits per heavy atom. The van der Waals surface area contributed by atoms with Gasteiger partial charge in [-0.1, -0.05) is 57.5 Å². The van der Waals surface area contributed by atoms with Crippen LogP contribution in [0.2, 0.25) is 5.02 Å². The smallest absolute Gasteiger partial charge is 0.258 e. The van der Waals surface area contributed by atoms with Gasteiger partial charge in [0.05, 0.1) is 52.4 Å². The Hall–Kier alpha value is -5.63. The van der Waals surface area contributed by atoms with Crippen LogP contribution in [0.3, 0.4) is 0 Å². The molecule has 20 heteroatoms. The highest BCUT2D eigenvalue weighted by molar-refractivity contribution is 7.13. The number of aliphatic hydroxyl groups excluding tert-OH is 1. The second-order valence-electron chi connectivity index (χ2n) is 22.1. The Bertz CT molecular complexity index is 2660. The zero-order valence-electron chi connectivity index (χ0n) is 42.3. The number of carbonyl (C=O) groups excluding carboxylic acids is 4. The zero-order valence-corrected chi connectivity index (χ0v) is 43.9. The summed E-state index contributed by atoms with van der Waals surface area (Å²) < 4.78 is 27.5. The Labute approximate surface area is 435 Å². The van der Waals surface area contributed by atoms with Crippen molar-refractivity contribution in [2.24, 2.45) is 22.5 Å². The van der Waals surface area contributed by atoms with Gasteiger partial charge < -0.3 is 51.0 Å². The minimum atomic E-state index is -1.98. The Morgan fingerprint density at radius 2 is 1.73 bits per heavy atom. The van der Waals surface area contributed by atoms with E-state index in [1.807, 2.05) is 42.2 Å². The van der Waals surface area contributed by atoms with Gasteiger partial charge >= 0.3 is 0 Å². The quantitative estimate of drug-likeness (QED) is 0.0782. The molecule has 5 fully saturated rings. The van der Waals surface area contributed by atoms with E-state index in [9.17, 15) is 28.7 Å². The number of carbonyl (C=O) groups is 4. The first-order valence-corrected chi connectivity index (χ1v) is 26.8. The normalized spacial score (nSPS) is 23.0. The van der Waals surface area contributed by atoms with Crippen molar-refractivity contribution in [3.63, 3.8) is 0 Å². The Kier molecular flexibility index (Phi) is 15.2. The van der Waals surface area contributed by atoms with Gasteiger partial charge in [0.1, 0.15) is 34.4 Å². The minimum Gasteiger partial charge on any atom is -0.490 e. The van der Waals surface area contributed by atoms with E-state index in [0.717, 1.165) is 53.4 Å². The van der Waals surface area contributed by atoms with Crippen LogP contribution in [-0.4, -0.2) is 129 Å². The molecule has 0 bridgehead atoms. The summed E-state index contributed by atoms with van der Waals surface area (Å²) >= 11 is 8.36. The first-order valence-electron chi connectivity index (χ1n) is 25.5. The number of aryl methyl sites for hydroxylation is 1. The molecule has 2 saturated carbocycles. The molecular weight excluding hydrogens is 975 g/mol. The standard InChI is InChI=1S/C53H68ClFN10O7S/c1-31-45(73-30-60-31)33-9-10-34(23-59-47(67)39-22-36(66)28-65(39)49(69)46(51(2,3)4)62-50(70)53(55)15-16-53)41(21-33)71-37-13-11-32(12-14-37)48(68)64-26-35(27-64)61-38-7-6-8-40(44(38)54)72-43-25-57-42(24-58-43)63-19-17-52(5,29-56)18-20-63/h6-10,21,24-25,30,32,35-37,39,46,61,66H,11-20,22-23,26-29,56H2,1-5H3,(H,59,67)(H,62,70)/t32?,36-,37?,39+,46-/m1/s1. The van der Waals surface area contributed by atoms with Crippen LogP contribution in [0.4, 0.5) is 15.9 Å². The summed E-state index contributed by atoms with van der Waals surface area (Å²) in [5, 5.41) is 20.2. The number of aromatic nitrogens is 3. The van der Waals surface area contributed by atoms with Crippen LogP contribution in [0.25, 0.3) is 10.4 Å². The van der Waals surface area contributed by atoms with Gasteiger partial charge in [0, 0.05) is 57.2 Å². The van der Waals surface area contributed by atoms with Crippen molar-refractivity contribution in [3.8, 4) is 27.8 Å². The number of nitrogens with one attached hydrogen (secondary N) is 3. The van der Waals surface area contributed by atoms with E-state index in [1.54, 1.807) is 44.7 Å². The van der Waals surface area contributed by atoms with Gasteiger partial charge in [-0.3, -0.25) is 19.2 Å². The molecule has 2 aromatic heterocycles. The monoisotopic (exact) mass is 1040 g/mol. The summed E-state index contributed by atoms with van der Waals surface area (Å²) in [7, 11) is 0. The fourth-order valence-corrected chi connectivity index (χ4v) is 11.2. The first kappa shape index (κ1) is 52.2. The number of ether oxygens (including phenoxy) is 2. The lowest BCUT2D eigenvalue weighted by Crippen LogP contribution is -2.59. The Morgan fingerprint density at radius 1 is 0.986 bits per heavy atom. The highest BCUT2D eigenvalue weighted by Gasteiger charge is 2.53. The lowest BCUT2D eigenvalue weighted by atomic mass is 9.80. The molecular formula is C53H68ClFN10O7S. The largest absolute Gasteiger partial charge is 0.490 e. The van der Waals surface area contributed by atoms with Crippen LogP contribution in [0.15, 0.2) is 54.3 Å². The fourth-order valence-electron chi connectivity index (χ4n) is 10.2. The van der Waals surface area contributed by atoms with E-state index < -0.39 is 47.0 Å². The molecule has 392 valence electrons. The number of rotatable bonds is 16. The highest BCUT2D eigenvalue weighted by atomic mass is 35.5. The average molecular weight is 1040 g/mol. The van der Waals surface area contributed by atoms with Crippen molar-refractivity contribution < 1.29 is 38.1 Å². The summed E-state index contributed by atoms with van der Waals surface area (Å²) in [6, 6.07) is 9.27. The van der Waals surface area contributed by atoms with Gasteiger partial charge in [0.15, 0.2) is 5.67 Å². The van der Waals surface area contributed by atoms with Crippen LogP contribution in [-0.2, 0) is 25.7 Å². The number of amides is 4. The number of anilines is 2. The van der Waals surface area contributed by atoms with Crippen LogP contribution in [0.1, 0.15) is 96.7 Å². The zero-order chi connectivity index (χ0) is 51.8. The number of halogens is 2. The summed E-state index contributed by atoms with van der Waals surface area (Å²) in [6.07, 6.45) is 7.07. The van der Waals surface area contributed by atoms with Gasteiger partial charge in [-0.25, -0.2) is 19.3 Å². The maximum absolute atomic E-state index is 14.7. The third-order valence-corrected chi connectivity index (χ3v) is 16.7. The van der Waals surface area contributed by atoms with E-state index in [2.05, 4.69) is 42.7 Å². The molecule has 2 aromatic carbocycles. The van der Waals surface area contributed by atoms with Gasteiger partial charge in [-0.05, 0) is 99.4 Å². The number of hydrogen-bond donors (Lipinski definition) is 5. The molecule has 4 aromatic rings.